The number of hydrogen-bond donors (Lipinski definition) is 0. The molecule has 0 atom stereocenters. The molecule has 9 aromatic rings. The van der Waals surface area contributed by atoms with Crippen molar-refractivity contribution in [1.29, 1.82) is 0 Å². The molecule has 0 bridgehead atoms. The van der Waals surface area contributed by atoms with Crippen LogP contribution >= 0.6 is 0 Å². The Bertz CT molecular complexity index is 2110. The van der Waals surface area contributed by atoms with Crippen molar-refractivity contribution >= 4 is 32.3 Å². The molecular formula is C45H33N3Ru. The third-order valence-electron chi connectivity index (χ3n) is 8.16. The van der Waals surface area contributed by atoms with Crippen LogP contribution in [-0.2, 0) is 19.5 Å². The van der Waals surface area contributed by atoms with Crippen molar-refractivity contribution in [2.24, 2.45) is 0 Å². The zero-order valence-electron chi connectivity index (χ0n) is 26.7. The van der Waals surface area contributed by atoms with Gasteiger partial charge in [-0.1, -0.05) is 164 Å². The third kappa shape index (κ3) is 7.84. The van der Waals surface area contributed by atoms with E-state index in [1.54, 1.807) is 0 Å². The topological polar surface area (TPSA) is 38.7 Å². The van der Waals surface area contributed by atoms with E-state index in [9.17, 15) is 0 Å². The number of aromatic nitrogens is 3. The molecule has 0 N–H and O–H groups in total. The van der Waals surface area contributed by atoms with Gasteiger partial charge in [0.1, 0.15) is 0 Å². The summed E-state index contributed by atoms with van der Waals surface area (Å²) in [5, 5.41) is 7.31. The summed E-state index contributed by atoms with van der Waals surface area (Å²) in [5.41, 5.74) is 6.66. The molecule has 3 nitrogen and oxygen atoms in total. The van der Waals surface area contributed by atoms with Crippen LogP contribution in [-0.4, -0.2) is 15.0 Å². The van der Waals surface area contributed by atoms with Gasteiger partial charge in [-0.15, -0.1) is 0 Å². The molecule has 0 unspecified atom stereocenters. The van der Waals surface area contributed by atoms with Crippen molar-refractivity contribution in [3.8, 4) is 33.8 Å². The molecule has 3 heterocycles. The first kappa shape index (κ1) is 33.1. The van der Waals surface area contributed by atoms with Crippen LogP contribution in [0.1, 0.15) is 0 Å². The molecule has 0 aliphatic carbocycles. The number of pyridine rings is 3. The van der Waals surface area contributed by atoms with E-state index in [4.69, 9.17) is 0 Å². The Morgan fingerprint density at radius 1 is 0.245 bits per heavy atom. The number of benzene rings is 6. The van der Waals surface area contributed by atoms with E-state index in [0.717, 1.165) is 17.1 Å². The van der Waals surface area contributed by atoms with E-state index in [2.05, 4.69) is 124 Å². The van der Waals surface area contributed by atoms with Gasteiger partial charge in [-0.2, -0.15) is 0 Å². The summed E-state index contributed by atoms with van der Waals surface area (Å²) in [6.45, 7) is 0. The molecule has 9 rings (SSSR count). The van der Waals surface area contributed by atoms with Crippen molar-refractivity contribution in [3.63, 3.8) is 0 Å². The smallest absolute Gasteiger partial charge is 0.0780 e. The van der Waals surface area contributed by atoms with Gasteiger partial charge >= 0.3 is 0 Å². The van der Waals surface area contributed by atoms with E-state index < -0.39 is 0 Å². The van der Waals surface area contributed by atoms with Gasteiger partial charge in [-0.05, 0) is 34.4 Å². The molecule has 0 aliphatic rings. The second-order valence-corrected chi connectivity index (χ2v) is 11.2. The maximum atomic E-state index is 4.48. The van der Waals surface area contributed by atoms with Gasteiger partial charge < -0.3 is 0 Å². The standard InChI is InChI=1S/3C15H11N.Ru/c3*1-2-7-13(8-3-1)15-14-9-5-4-6-12(14)10-11-16-15;/h3*1-11H;. The van der Waals surface area contributed by atoms with Crippen LogP contribution in [0.25, 0.3) is 66.1 Å². The predicted octanol–water partition coefficient (Wildman–Crippen LogP) is 11.7. The Morgan fingerprint density at radius 2 is 0.490 bits per heavy atom. The Morgan fingerprint density at radius 3 is 0.776 bits per heavy atom. The molecule has 236 valence electrons. The molecule has 4 heteroatoms. The SMILES string of the molecule is [Ru].c1ccc(-c2nccc3ccccc23)cc1.c1ccc(-c2nccc3ccccc23)cc1.c1ccc(-c2nccc3ccccc23)cc1. The van der Waals surface area contributed by atoms with Crippen LogP contribution in [0.4, 0.5) is 0 Å². The zero-order chi connectivity index (χ0) is 32.4. The van der Waals surface area contributed by atoms with Crippen molar-refractivity contribution in [2.45, 2.75) is 0 Å². The van der Waals surface area contributed by atoms with Crippen LogP contribution in [0, 0.1) is 0 Å². The molecule has 0 saturated heterocycles. The Labute approximate surface area is 299 Å². The summed E-state index contributed by atoms with van der Waals surface area (Å²) in [7, 11) is 0. The Balaban J connectivity index is 0.000000126. The normalized spacial score (nSPS) is 10.3. The van der Waals surface area contributed by atoms with Crippen LogP contribution in [0.2, 0.25) is 0 Å². The fourth-order valence-corrected chi connectivity index (χ4v) is 5.84. The molecule has 0 aliphatic heterocycles. The van der Waals surface area contributed by atoms with Gasteiger partial charge in [0, 0.05) is 70.9 Å². The summed E-state index contributed by atoms with van der Waals surface area (Å²) in [4.78, 5) is 13.4. The van der Waals surface area contributed by atoms with E-state index in [1.165, 1.54) is 49.0 Å². The molecule has 0 amide bonds. The maximum Gasteiger partial charge on any atom is 0.0780 e. The molecule has 6 aromatic carbocycles. The second kappa shape index (κ2) is 16.3. The fraction of sp³-hybridized carbons (Fsp3) is 0. The van der Waals surface area contributed by atoms with Crippen LogP contribution in [0.5, 0.6) is 0 Å². The van der Waals surface area contributed by atoms with Crippen molar-refractivity contribution in [2.75, 3.05) is 0 Å². The van der Waals surface area contributed by atoms with Crippen LogP contribution < -0.4 is 0 Å². The zero-order valence-corrected chi connectivity index (χ0v) is 28.5. The molecule has 49 heavy (non-hydrogen) atoms. The van der Waals surface area contributed by atoms with E-state index in [0.29, 0.717) is 0 Å². The average Bonchev–Trinajstić information content (AvgIpc) is 3.19. The van der Waals surface area contributed by atoms with E-state index in [-0.39, 0.29) is 19.5 Å². The Kier molecular flexibility index (Phi) is 11.0. The van der Waals surface area contributed by atoms with E-state index in [1.807, 2.05) is 91.4 Å². The first-order valence-corrected chi connectivity index (χ1v) is 16.0. The predicted molar refractivity (Wildman–Crippen MR) is 202 cm³/mol. The van der Waals surface area contributed by atoms with Crippen molar-refractivity contribution in [3.05, 3.63) is 201 Å². The number of nitrogens with zero attached hydrogens (tertiary/aromatic N) is 3. The summed E-state index contributed by atoms with van der Waals surface area (Å²) < 4.78 is 0. The van der Waals surface area contributed by atoms with Crippen molar-refractivity contribution in [1.82, 2.24) is 15.0 Å². The first-order chi connectivity index (χ1) is 23.8. The minimum absolute atomic E-state index is 0. The third-order valence-corrected chi connectivity index (χ3v) is 8.16. The number of hydrogen-bond acceptors (Lipinski definition) is 3. The molecule has 0 saturated carbocycles. The first-order valence-electron chi connectivity index (χ1n) is 16.0. The van der Waals surface area contributed by atoms with Gasteiger partial charge in [0.25, 0.3) is 0 Å². The van der Waals surface area contributed by atoms with Crippen LogP contribution in [0.15, 0.2) is 201 Å². The maximum absolute atomic E-state index is 4.48. The van der Waals surface area contributed by atoms with Gasteiger partial charge in [0.05, 0.1) is 17.1 Å². The van der Waals surface area contributed by atoms with Gasteiger partial charge in [0.2, 0.25) is 0 Å². The summed E-state index contributed by atoms with van der Waals surface area (Å²) in [5.74, 6) is 0. The Hall–Kier alpha value is -5.83. The van der Waals surface area contributed by atoms with Gasteiger partial charge in [-0.3, -0.25) is 15.0 Å². The molecule has 0 spiro atoms. The summed E-state index contributed by atoms with van der Waals surface area (Å²) >= 11 is 0. The van der Waals surface area contributed by atoms with E-state index >= 15 is 0 Å². The number of fused-ring (bicyclic) bond motifs is 3. The van der Waals surface area contributed by atoms with Crippen molar-refractivity contribution < 1.29 is 19.5 Å². The summed E-state index contributed by atoms with van der Waals surface area (Å²) in [6, 6.07) is 62.0. The fourth-order valence-electron chi connectivity index (χ4n) is 5.84. The summed E-state index contributed by atoms with van der Waals surface area (Å²) in [6.07, 6.45) is 5.60. The van der Waals surface area contributed by atoms with Gasteiger partial charge in [-0.25, -0.2) is 0 Å². The average molecular weight is 717 g/mol. The monoisotopic (exact) mass is 717 g/mol. The molecular weight excluding hydrogens is 684 g/mol. The molecule has 0 radical (unpaired) electrons. The molecule has 0 fully saturated rings. The minimum Gasteiger partial charge on any atom is -0.256 e. The number of rotatable bonds is 3. The quantitative estimate of drug-likeness (QED) is 0.171. The van der Waals surface area contributed by atoms with Gasteiger partial charge in [0.15, 0.2) is 0 Å². The minimum atomic E-state index is 0. The second-order valence-electron chi connectivity index (χ2n) is 11.2. The van der Waals surface area contributed by atoms with Crippen LogP contribution in [0.3, 0.4) is 0 Å². The molecule has 3 aromatic heterocycles. The largest absolute Gasteiger partial charge is 0.256 e.